The smallest absolute Gasteiger partial charge is 0.335 e. The Hall–Kier alpha value is -1.96. The van der Waals surface area contributed by atoms with Gasteiger partial charge in [0.1, 0.15) is 0 Å². The first-order valence-electron chi connectivity index (χ1n) is 7.94. The molecule has 0 spiro atoms. The van der Waals surface area contributed by atoms with E-state index in [-0.39, 0.29) is 30.6 Å². The molecule has 7 heteroatoms. The third-order valence-corrected chi connectivity index (χ3v) is 3.69. The quantitative estimate of drug-likeness (QED) is 0.754. The monoisotopic (exact) mass is 337 g/mol. The van der Waals surface area contributed by atoms with E-state index in [1.54, 1.807) is 6.07 Å². The van der Waals surface area contributed by atoms with Gasteiger partial charge in [-0.25, -0.2) is 4.79 Å². The van der Waals surface area contributed by atoms with Crippen LogP contribution in [0.5, 0.6) is 0 Å². The molecule has 1 heterocycles. The third-order valence-electron chi connectivity index (χ3n) is 3.69. The topological polar surface area (TPSA) is 94.1 Å². The number of aromatic carboxylic acids is 1. The summed E-state index contributed by atoms with van der Waals surface area (Å²) in [6.07, 6.45) is 2.06. The van der Waals surface area contributed by atoms with Gasteiger partial charge in [0.2, 0.25) is 5.91 Å². The molecule has 0 bridgehead atoms. The van der Waals surface area contributed by atoms with Crippen molar-refractivity contribution in [1.82, 2.24) is 0 Å². The fourth-order valence-electron chi connectivity index (χ4n) is 2.52. The molecule has 0 atom stereocenters. The lowest BCUT2D eigenvalue weighted by atomic mass is 10.1. The van der Waals surface area contributed by atoms with Gasteiger partial charge in [0.05, 0.1) is 31.3 Å². The molecule has 1 aliphatic heterocycles. The molecule has 24 heavy (non-hydrogen) atoms. The highest BCUT2D eigenvalue weighted by Gasteiger charge is 2.15. The number of nitrogens with one attached hydrogen (secondary N) is 1. The van der Waals surface area contributed by atoms with E-state index in [1.165, 1.54) is 19.2 Å². The van der Waals surface area contributed by atoms with Crippen LogP contribution < -0.4 is 5.32 Å². The number of hydrogen-bond acceptors (Lipinski definition) is 5. The Balaban J connectivity index is 1.86. The summed E-state index contributed by atoms with van der Waals surface area (Å²) in [6, 6.07) is 4.65. The minimum atomic E-state index is -1.05. The van der Waals surface area contributed by atoms with Gasteiger partial charge in [-0.05, 0) is 36.6 Å². The number of carboxylic acids is 1. The summed E-state index contributed by atoms with van der Waals surface area (Å²) >= 11 is 0. The van der Waals surface area contributed by atoms with E-state index in [0.29, 0.717) is 31.1 Å². The van der Waals surface area contributed by atoms with Crippen molar-refractivity contribution >= 4 is 17.6 Å². The summed E-state index contributed by atoms with van der Waals surface area (Å²) in [5.74, 6) is -1.26. The molecule has 0 aromatic heterocycles. The molecular weight excluding hydrogens is 314 g/mol. The number of hydrogen-bond donors (Lipinski definition) is 2. The molecule has 1 saturated heterocycles. The summed E-state index contributed by atoms with van der Waals surface area (Å²) < 4.78 is 15.9. The number of methoxy groups -OCH3 is 1. The first-order chi connectivity index (χ1) is 11.6. The van der Waals surface area contributed by atoms with Crippen molar-refractivity contribution in [2.75, 3.05) is 32.2 Å². The SMILES string of the molecule is COCc1cc(NC(=O)CCOC2CCOCC2)cc(C(=O)O)c1. The fourth-order valence-corrected chi connectivity index (χ4v) is 2.52. The van der Waals surface area contributed by atoms with Crippen molar-refractivity contribution in [3.63, 3.8) is 0 Å². The Kier molecular flexibility index (Phi) is 7.17. The highest BCUT2D eigenvalue weighted by Crippen LogP contribution is 2.17. The van der Waals surface area contributed by atoms with Gasteiger partial charge in [0.25, 0.3) is 0 Å². The van der Waals surface area contributed by atoms with Gasteiger partial charge in [-0.3, -0.25) is 4.79 Å². The number of carbonyl (C=O) groups is 2. The molecular formula is C17H23NO6. The lowest BCUT2D eigenvalue weighted by Crippen LogP contribution is -2.25. The summed E-state index contributed by atoms with van der Waals surface area (Å²) in [5.41, 5.74) is 1.24. The minimum Gasteiger partial charge on any atom is -0.478 e. The number of carbonyl (C=O) groups excluding carboxylic acids is 1. The van der Waals surface area contributed by atoms with Crippen LogP contribution in [0.2, 0.25) is 0 Å². The van der Waals surface area contributed by atoms with Crippen molar-refractivity contribution in [2.45, 2.75) is 32.0 Å². The van der Waals surface area contributed by atoms with Crippen molar-refractivity contribution in [1.29, 1.82) is 0 Å². The van der Waals surface area contributed by atoms with E-state index in [0.717, 1.165) is 12.8 Å². The molecule has 1 amide bonds. The zero-order valence-electron chi connectivity index (χ0n) is 13.7. The third kappa shape index (κ3) is 5.92. The van der Waals surface area contributed by atoms with Crippen LogP contribution in [0.3, 0.4) is 0 Å². The summed E-state index contributed by atoms with van der Waals surface area (Å²) in [5, 5.41) is 11.8. The second-order valence-electron chi connectivity index (χ2n) is 5.64. The van der Waals surface area contributed by atoms with Gasteiger partial charge >= 0.3 is 5.97 Å². The maximum atomic E-state index is 12.0. The molecule has 1 fully saturated rings. The van der Waals surface area contributed by atoms with Crippen molar-refractivity contribution in [3.05, 3.63) is 29.3 Å². The molecule has 1 aromatic rings. The predicted octanol–water partition coefficient (Wildman–Crippen LogP) is 2.06. The van der Waals surface area contributed by atoms with E-state index in [1.807, 2.05) is 0 Å². The lowest BCUT2D eigenvalue weighted by Gasteiger charge is -2.22. The van der Waals surface area contributed by atoms with Gasteiger partial charge in [0, 0.05) is 26.0 Å². The Morgan fingerprint density at radius 3 is 2.71 bits per heavy atom. The molecule has 0 radical (unpaired) electrons. The number of benzene rings is 1. The average molecular weight is 337 g/mol. The highest BCUT2D eigenvalue weighted by atomic mass is 16.5. The number of anilines is 1. The van der Waals surface area contributed by atoms with Gasteiger partial charge in [-0.2, -0.15) is 0 Å². The Labute approximate surface area is 140 Å². The van der Waals surface area contributed by atoms with Crippen LogP contribution in [0, 0.1) is 0 Å². The highest BCUT2D eigenvalue weighted by molar-refractivity contribution is 5.94. The number of amides is 1. The number of rotatable bonds is 8. The molecule has 0 saturated carbocycles. The van der Waals surface area contributed by atoms with Crippen molar-refractivity contribution < 1.29 is 28.9 Å². The summed E-state index contributed by atoms with van der Waals surface area (Å²) in [7, 11) is 1.53. The molecule has 0 unspecified atom stereocenters. The second-order valence-corrected chi connectivity index (χ2v) is 5.64. The van der Waals surface area contributed by atoms with Crippen molar-refractivity contribution in [2.24, 2.45) is 0 Å². The second kappa shape index (κ2) is 9.36. The molecule has 0 aliphatic carbocycles. The Morgan fingerprint density at radius 2 is 2.04 bits per heavy atom. The van der Waals surface area contributed by atoms with Gasteiger partial charge in [-0.1, -0.05) is 0 Å². The van der Waals surface area contributed by atoms with Gasteiger partial charge in [0.15, 0.2) is 0 Å². The first kappa shape index (κ1) is 18.4. The van der Waals surface area contributed by atoms with Crippen LogP contribution in [0.25, 0.3) is 0 Å². The average Bonchev–Trinajstić information content (AvgIpc) is 2.56. The number of ether oxygens (including phenoxy) is 3. The van der Waals surface area contributed by atoms with Crippen LogP contribution in [0.1, 0.15) is 35.2 Å². The first-order valence-corrected chi connectivity index (χ1v) is 7.94. The van der Waals surface area contributed by atoms with E-state index in [2.05, 4.69) is 5.32 Å². The van der Waals surface area contributed by atoms with Crippen LogP contribution in [0.4, 0.5) is 5.69 Å². The fraction of sp³-hybridized carbons (Fsp3) is 0.529. The molecule has 2 rings (SSSR count). The van der Waals surface area contributed by atoms with Crippen LogP contribution >= 0.6 is 0 Å². The Bertz CT molecular complexity index is 568. The van der Waals surface area contributed by atoms with Gasteiger partial charge in [-0.15, -0.1) is 0 Å². The number of carboxylic acid groups (broad SMARTS) is 1. The largest absolute Gasteiger partial charge is 0.478 e. The van der Waals surface area contributed by atoms with E-state index in [9.17, 15) is 9.59 Å². The van der Waals surface area contributed by atoms with E-state index < -0.39 is 5.97 Å². The molecule has 1 aromatic carbocycles. The minimum absolute atomic E-state index is 0.110. The van der Waals surface area contributed by atoms with Crippen molar-refractivity contribution in [3.8, 4) is 0 Å². The van der Waals surface area contributed by atoms with Crippen LogP contribution in [-0.4, -0.2) is 50.0 Å². The van der Waals surface area contributed by atoms with Crippen LogP contribution in [0.15, 0.2) is 18.2 Å². The molecule has 7 nitrogen and oxygen atoms in total. The van der Waals surface area contributed by atoms with E-state index >= 15 is 0 Å². The molecule has 132 valence electrons. The lowest BCUT2D eigenvalue weighted by molar-refractivity contribution is -0.118. The standard InChI is InChI=1S/C17H23NO6/c1-22-11-12-8-13(17(20)21)10-14(9-12)18-16(19)4-7-24-15-2-5-23-6-3-15/h8-10,15H,2-7,11H2,1H3,(H,18,19)(H,20,21). The maximum absolute atomic E-state index is 12.0. The predicted molar refractivity (Wildman–Crippen MR) is 87.2 cm³/mol. The normalized spacial score (nSPS) is 15.2. The summed E-state index contributed by atoms with van der Waals surface area (Å²) in [4.78, 5) is 23.2. The van der Waals surface area contributed by atoms with Gasteiger partial charge < -0.3 is 24.6 Å². The van der Waals surface area contributed by atoms with Crippen LogP contribution in [-0.2, 0) is 25.6 Å². The zero-order valence-corrected chi connectivity index (χ0v) is 13.7. The molecule has 1 aliphatic rings. The maximum Gasteiger partial charge on any atom is 0.335 e. The molecule has 2 N–H and O–H groups in total. The van der Waals surface area contributed by atoms with E-state index in [4.69, 9.17) is 19.3 Å². The zero-order chi connectivity index (χ0) is 17.4. The summed E-state index contributed by atoms with van der Waals surface area (Å²) in [6.45, 7) is 2.00. The Morgan fingerprint density at radius 1 is 1.29 bits per heavy atom.